The topological polar surface area (TPSA) is 43.6 Å². The molecule has 0 amide bonds. The number of nitrogens with zero attached hydrogens (tertiary/aromatic N) is 4. The average molecular weight is 703 g/mol. The molecule has 0 radical (unpaired) electrons. The summed E-state index contributed by atoms with van der Waals surface area (Å²) in [6.45, 7) is 0. The first-order valence-corrected chi connectivity index (χ1v) is 18.5. The first kappa shape index (κ1) is 32.2. The number of aromatic nitrogens is 4. The molecule has 4 heteroatoms. The van der Waals surface area contributed by atoms with E-state index in [1.165, 1.54) is 44.1 Å². The van der Waals surface area contributed by atoms with Crippen LogP contribution in [0.25, 0.3) is 95.0 Å². The van der Waals surface area contributed by atoms with Crippen LogP contribution in [0.3, 0.4) is 0 Å². The Labute approximate surface area is 319 Å². The molecule has 0 saturated heterocycles. The van der Waals surface area contributed by atoms with Crippen LogP contribution >= 0.6 is 0 Å². The first-order valence-electron chi connectivity index (χ1n) is 18.5. The van der Waals surface area contributed by atoms with E-state index in [2.05, 4.69) is 150 Å². The van der Waals surface area contributed by atoms with E-state index in [4.69, 9.17) is 15.0 Å². The molecule has 0 atom stereocenters. The lowest BCUT2D eigenvalue weighted by Crippen LogP contribution is -2.00. The van der Waals surface area contributed by atoms with Gasteiger partial charge in [0.15, 0.2) is 17.5 Å². The fourth-order valence-electron chi connectivity index (χ4n) is 7.59. The molecular formula is C51H34N4. The Hall–Kier alpha value is -7.43. The Balaban J connectivity index is 1.07. The predicted molar refractivity (Wildman–Crippen MR) is 227 cm³/mol. The molecule has 0 N–H and O–H groups in total. The van der Waals surface area contributed by atoms with Gasteiger partial charge >= 0.3 is 0 Å². The van der Waals surface area contributed by atoms with Crippen LogP contribution in [0.4, 0.5) is 0 Å². The zero-order valence-electron chi connectivity index (χ0n) is 29.9. The molecule has 0 fully saturated rings. The Morgan fingerprint density at radius 3 is 1.35 bits per heavy atom. The second kappa shape index (κ2) is 13.8. The standard InChI is InChI=1S/C51H34N4/c1-5-15-35(16-6-1)41-31-32-46-45(34-41)48-44(25-14-26-47(48)55(46)43-23-11-4-12-24-43)42-22-13-21-40(33-42)36-27-29-39(30-28-36)51-53-49(37-17-7-2-8-18-37)52-50(54-51)38-19-9-3-10-20-38/h1-34H. The van der Waals surface area contributed by atoms with Gasteiger partial charge in [-0.25, -0.2) is 15.0 Å². The van der Waals surface area contributed by atoms with Crippen LogP contribution in [0.5, 0.6) is 0 Å². The van der Waals surface area contributed by atoms with Gasteiger partial charge in [0.05, 0.1) is 11.0 Å². The summed E-state index contributed by atoms with van der Waals surface area (Å²) in [7, 11) is 0. The molecule has 55 heavy (non-hydrogen) atoms. The van der Waals surface area contributed by atoms with Gasteiger partial charge in [-0.15, -0.1) is 0 Å². The third kappa shape index (κ3) is 6.06. The molecule has 0 unspecified atom stereocenters. The first-order chi connectivity index (χ1) is 27.3. The van der Waals surface area contributed by atoms with Crippen molar-refractivity contribution in [3.63, 3.8) is 0 Å². The van der Waals surface area contributed by atoms with Crippen LogP contribution in [-0.4, -0.2) is 19.5 Å². The summed E-state index contributed by atoms with van der Waals surface area (Å²) in [5.41, 5.74) is 13.4. The maximum atomic E-state index is 4.93. The molecule has 2 heterocycles. The van der Waals surface area contributed by atoms with Crippen LogP contribution in [0.2, 0.25) is 0 Å². The van der Waals surface area contributed by atoms with Crippen molar-refractivity contribution in [3.05, 3.63) is 206 Å². The molecule has 0 aliphatic heterocycles. The monoisotopic (exact) mass is 702 g/mol. The molecule has 10 rings (SSSR count). The lowest BCUT2D eigenvalue weighted by molar-refractivity contribution is 1.07. The maximum absolute atomic E-state index is 4.93. The van der Waals surface area contributed by atoms with Crippen molar-refractivity contribution in [3.8, 4) is 73.2 Å². The molecule has 0 aliphatic rings. The number of hydrogen-bond donors (Lipinski definition) is 0. The zero-order valence-corrected chi connectivity index (χ0v) is 29.9. The van der Waals surface area contributed by atoms with Gasteiger partial charge in [0.2, 0.25) is 0 Å². The van der Waals surface area contributed by atoms with Crippen LogP contribution in [0.1, 0.15) is 0 Å². The van der Waals surface area contributed by atoms with E-state index in [1.54, 1.807) is 0 Å². The SMILES string of the molecule is c1ccc(-c2ccc3c(c2)c2c(-c4cccc(-c5ccc(-c6nc(-c7ccccc7)nc(-c7ccccc7)n6)cc5)c4)cccc2n3-c2ccccc2)cc1. The van der Waals surface area contributed by atoms with Crippen LogP contribution in [-0.2, 0) is 0 Å². The van der Waals surface area contributed by atoms with E-state index in [0.29, 0.717) is 17.5 Å². The minimum absolute atomic E-state index is 0.643. The number of benzene rings is 8. The van der Waals surface area contributed by atoms with E-state index in [-0.39, 0.29) is 0 Å². The van der Waals surface area contributed by atoms with Gasteiger partial charge in [0, 0.05) is 33.2 Å². The van der Waals surface area contributed by atoms with Crippen molar-refractivity contribution < 1.29 is 0 Å². The fourth-order valence-corrected chi connectivity index (χ4v) is 7.59. The van der Waals surface area contributed by atoms with Gasteiger partial charge in [0.1, 0.15) is 0 Å². The van der Waals surface area contributed by atoms with Gasteiger partial charge in [-0.3, -0.25) is 0 Å². The fraction of sp³-hybridized carbons (Fsp3) is 0. The van der Waals surface area contributed by atoms with Crippen molar-refractivity contribution >= 4 is 21.8 Å². The van der Waals surface area contributed by atoms with Crippen molar-refractivity contribution in [2.45, 2.75) is 0 Å². The predicted octanol–water partition coefficient (Wildman–Crippen LogP) is 13.0. The van der Waals surface area contributed by atoms with E-state index in [0.717, 1.165) is 33.5 Å². The van der Waals surface area contributed by atoms with Crippen LogP contribution in [0, 0.1) is 0 Å². The van der Waals surface area contributed by atoms with Gasteiger partial charge in [-0.05, 0) is 69.8 Å². The minimum atomic E-state index is 0.643. The molecular weight excluding hydrogens is 669 g/mol. The van der Waals surface area contributed by atoms with Gasteiger partial charge in [-0.1, -0.05) is 170 Å². The Kier molecular flexibility index (Phi) is 8.12. The van der Waals surface area contributed by atoms with Gasteiger partial charge in [-0.2, -0.15) is 0 Å². The highest BCUT2D eigenvalue weighted by Gasteiger charge is 2.18. The van der Waals surface area contributed by atoms with Crippen molar-refractivity contribution in [1.82, 2.24) is 19.5 Å². The summed E-state index contributed by atoms with van der Waals surface area (Å²) in [5, 5.41) is 2.47. The molecule has 4 nitrogen and oxygen atoms in total. The summed E-state index contributed by atoms with van der Waals surface area (Å²) in [5.74, 6) is 1.95. The largest absolute Gasteiger partial charge is 0.309 e. The highest BCUT2D eigenvalue weighted by atomic mass is 15.0. The summed E-state index contributed by atoms with van der Waals surface area (Å²) < 4.78 is 2.39. The maximum Gasteiger partial charge on any atom is 0.164 e. The third-order valence-corrected chi connectivity index (χ3v) is 10.3. The van der Waals surface area contributed by atoms with Gasteiger partial charge < -0.3 is 4.57 Å². The highest BCUT2D eigenvalue weighted by Crippen LogP contribution is 2.41. The molecule has 0 aliphatic carbocycles. The number of hydrogen-bond acceptors (Lipinski definition) is 3. The Bertz CT molecular complexity index is 2880. The quantitative estimate of drug-likeness (QED) is 0.166. The average Bonchev–Trinajstić information content (AvgIpc) is 3.61. The summed E-state index contributed by atoms with van der Waals surface area (Å²) in [6, 6.07) is 72.4. The zero-order chi connectivity index (χ0) is 36.6. The van der Waals surface area contributed by atoms with E-state index >= 15 is 0 Å². The molecule has 8 aromatic carbocycles. The van der Waals surface area contributed by atoms with Crippen molar-refractivity contribution in [2.75, 3.05) is 0 Å². The lowest BCUT2D eigenvalue weighted by atomic mass is 9.95. The van der Waals surface area contributed by atoms with Gasteiger partial charge in [0.25, 0.3) is 0 Å². The summed E-state index contributed by atoms with van der Waals surface area (Å²) in [6.07, 6.45) is 0. The molecule has 0 spiro atoms. The minimum Gasteiger partial charge on any atom is -0.309 e. The second-order valence-corrected chi connectivity index (χ2v) is 13.7. The smallest absolute Gasteiger partial charge is 0.164 e. The summed E-state index contributed by atoms with van der Waals surface area (Å²) in [4.78, 5) is 14.7. The third-order valence-electron chi connectivity index (χ3n) is 10.3. The second-order valence-electron chi connectivity index (χ2n) is 13.7. The van der Waals surface area contributed by atoms with Crippen LogP contribution < -0.4 is 0 Å². The molecule has 10 aromatic rings. The number of rotatable bonds is 7. The Morgan fingerprint density at radius 1 is 0.291 bits per heavy atom. The van der Waals surface area contributed by atoms with E-state index in [1.807, 2.05) is 60.7 Å². The molecule has 0 bridgehead atoms. The summed E-state index contributed by atoms with van der Waals surface area (Å²) >= 11 is 0. The highest BCUT2D eigenvalue weighted by molar-refractivity contribution is 6.16. The number of para-hydroxylation sites is 1. The number of fused-ring (bicyclic) bond motifs is 3. The van der Waals surface area contributed by atoms with Crippen molar-refractivity contribution in [2.24, 2.45) is 0 Å². The molecule has 258 valence electrons. The van der Waals surface area contributed by atoms with Crippen molar-refractivity contribution in [1.29, 1.82) is 0 Å². The normalized spacial score (nSPS) is 11.3. The molecule has 0 saturated carbocycles. The van der Waals surface area contributed by atoms with E-state index < -0.39 is 0 Å². The lowest BCUT2D eigenvalue weighted by Gasteiger charge is -2.11. The Morgan fingerprint density at radius 2 is 0.727 bits per heavy atom. The van der Waals surface area contributed by atoms with E-state index in [9.17, 15) is 0 Å². The molecule has 2 aromatic heterocycles. The van der Waals surface area contributed by atoms with Crippen LogP contribution in [0.15, 0.2) is 206 Å².